The van der Waals surface area contributed by atoms with Crippen LogP contribution >= 0.6 is 11.8 Å². The Morgan fingerprint density at radius 3 is 2.32 bits per heavy atom. The van der Waals surface area contributed by atoms with Crippen LogP contribution in [-0.4, -0.2) is 67.7 Å². The molecular weight excluding hydrogens is 547 g/mol. The van der Waals surface area contributed by atoms with Gasteiger partial charge in [-0.05, 0) is 56.6 Å². The number of benzene rings is 2. The predicted molar refractivity (Wildman–Crippen MR) is 160 cm³/mol. The number of halogens is 3. The van der Waals surface area contributed by atoms with E-state index in [1.807, 2.05) is 36.1 Å². The fraction of sp³-hybridized carbons (Fsp3) is 0.594. The summed E-state index contributed by atoms with van der Waals surface area (Å²) in [5.41, 5.74) is 0.968. The van der Waals surface area contributed by atoms with E-state index in [9.17, 15) is 18.0 Å². The van der Waals surface area contributed by atoms with Gasteiger partial charge in [-0.1, -0.05) is 69.3 Å². The molecule has 226 valence electrons. The van der Waals surface area contributed by atoms with Gasteiger partial charge < -0.3 is 14.5 Å². The van der Waals surface area contributed by atoms with Crippen molar-refractivity contribution in [2.75, 3.05) is 50.8 Å². The molecule has 41 heavy (non-hydrogen) atoms. The zero-order valence-electron chi connectivity index (χ0n) is 24.4. The Balaban J connectivity index is 1.32. The second-order valence-electron chi connectivity index (χ2n) is 11.0. The average Bonchev–Trinajstić information content (AvgIpc) is 2.96. The number of unbranched alkanes of at least 4 members (excludes halogenated alkanes) is 5. The third kappa shape index (κ3) is 8.64. The van der Waals surface area contributed by atoms with Crippen LogP contribution in [-0.2, 0) is 15.7 Å². The number of alkyl halides is 3. The highest BCUT2D eigenvalue weighted by Gasteiger charge is 2.34. The molecule has 1 saturated heterocycles. The molecule has 0 radical (unpaired) electrons. The zero-order valence-corrected chi connectivity index (χ0v) is 25.2. The molecule has 9 heteroatoms. The van der Waals surface area contributed by atoms with E-state index in [4.69, 9.17) is 4.74 Å². The van der Waals surface area contributed by atoms with Gasteiger partial charge in [-0.15, -0.1) is 0 Å². The van der Waals surface area contributed by atoms with Gasteiger partial charge in [-0.2, -0.15) is 13.2 Å². The van der Waals surface area contributed by atoms with Gasteiger partial charge >= 0.3 is 12.1 Å². The van der Waals surface area contributed by atoms with Crippen molar-refractivity contribution in [3.8, 4) is 0 Å². The molecule has 2 aromatic rings. The first kappa shape index (κ1) is 31.7. The molecule has 0 aliphatic carbocycles. The van der Waals surface area contributed by atoms with Crippen LogP contribution < -0.4 is 4.90 Å². The van der Waals surface area contributed by atoms with Crippen LogP contribution in [0.5, 0.6) is 0 Å². The predicted octanol–water partition coefficient (Wildman–Crippen LogP) is 8.00. The number of esters is 1. The van der Waals surface area contributed by atoms with E-state index in [0.29, 0.717) is 18.8 Å². The molecule has 0 aromatic heterocycles. The highest BCUT2D eigenvalue weighted by atomic mass is 32.2. The van der Waals surface area contributed by atoms with Crippen molar-refractivity contribution in [2.24, 2.45) is 0 Å². The van der Waals surface area contributed by atoms with Crippen molar-refractivity contribution >= 4 is 29.1 Å². The van der Waals surface area contributed by atoms with E-state index in [1.165, 1.54) is 49.6 Å². The number of carbonyl (C=O) groups excluding carboxylic acids is 1. The third-order valence-corrected chi connectivity index (χ3v) is 9.18. The topological polar surface area (TPSA) is 36.0 Å². The SMILES string of the molecule is CCCCCCCCC(C(=O)OCC)N1CCN(CCCN2c3ccccc3Sc3ccc(C(F)(F)F)cc32)CC1. The van der Waals surface area contributed by atoms with Gasteiger partial charge in [0.1, 0.15) is 6.04 Å². The Hall–Kier alpha value is -2.23. The smallest absolute Gasteiger partial charge is 0.416 e. The Morgan fingerprint density at radius 2 is 1.59 bits per heavy atom. The second kappa shape index (κ2) is 15.3. The monoisotopic (exact) mass is 591 g/mol. The molecule has 1 unspecified atom stereocenters. The minimum Gasteiger partial charge on any atom is -0.465 e. The fourth-order valence-electron chi connectivity index (χ4n) is 5.80. The van der Waals surface area contributed by atoms with E-state index in [-0.39, 0.29) is 12.0 Å². The minimum absolute atomic E-state index is 0.104. The number of nitrogens with zero attached hydrogens (tertiary/aromatic N) is 3. The van der Waals surface area contributed by atoms with Crippen molar-refractivity contribution in [2.45, 2.75) is 87.2 Å². The van der Waals surface area contributed by atoms with Crippen LogP contribution in [0.3, 0.4) is 0 Å². The van der Waals surface area contributed by atoms with Gasteiger partial charge in [-0.3, -0.25) is 9.69 Å². The highest BCUT2D eigenvalue weighted by molar-refractivity contribution is 7.99. The summed E-state index contributed by atoms with van der Waals surface area (Å²) in [6.45, 7) is 9.35. The van der Waals surface area contributed by atoms with Crippen LogP contribution in [0.4, 0.5) is 24.5 Å². The largest absolute Gasteiger partial charge is 0.465 e. The van der Waals surface area contributed by atoms with E-state index in [0.717, 1.165) is 73.9 Å². The summed E-state index contributed by atoms with van der Waals surface area (Å²) in [5, 5.41) is 0. The fourth-order valence-corrected chi connectivity index (χ4v) is 6.88. The summed E-state index contributed by atoms with van der Waals surface area (Å²) in [6.07, 6.45) is 4.47. The Kier molecular flexibility index (Phi) is 11.8. The number of para-hydroxylation sites is 1. The molecule has 2 aliphatic heterocycles. The maximum atomic E-state index is 13.5. The second-order valence-corrected chi connectivity index (χ2v) is 12.0. The van der Waals surface area contributed by atoms with Crippen LogP contribution in [0.15, 0.2) is 52.3 Å². The maximum absolute atomic E-state index is 13.5. The third-order valence-electron chi connectivity index (χ3n) is 8.05. The van der Waals surface area contributed by atoms with Crippen LogP contribution in [0.2, 0.25) is 0 Å². The van der Waals surface area contributed by atoms with Gasteiger partial charge in [0.25, 0.3) is 0 Å². The van der Waals surface area contributed by atoms with Crippen LogP contribution in [0, 0.1) is 0 Å². The molecule has 0 bridgehead atoms. The minimum atomic E-state index is -4.38. The number of hydrogen-bond acceptors (Lipinski definition) is 6. The molecule has 0 N–H and O–H groups in total. The number of piperazine rings is 1. The number of hydrogen-bond donors (Lipinski definition) is 0. The number of rotatable bonds is 14. The first-order valence-corrected chi connectivity index (χ1v) is 16.0. The lowest BCUT2D eigenvalue weighted by Crippen LogP contribution is -2.53. The van der Waals surface area contributed by atoms with Crippen LogP contribution in [0.25, 0.3) is 0 Å². The molecule has 0 amide bonds. The highest BCUT2D eigenvalue weighted by Crippen LogP contribution is 2.49. The average molecular weight is 592 g/mol. The lowest BCUT2D eigenvalue weighted by Gasteiger charge is -2.39. The van der Waals surface area contributed by atoms with E-state index in [1.54, 1.807) is 6.07 Å². The number of ether oxygens (including phenoxy) is 1. The molecule has 2 aromatic carbocycles. The Labute approximate surface area is 247 Å². The molecule has 0 spiro atoms. The Morgan fingerprint density at radius 1 is 0.878 bits per heavy atom. The maximum Gasteiger partial charge on any atom is 0.416 e. The van der Waals surface area contributed by atoms with Crippen molar-refractivity contribution in [1.29, 1.82) is 0 Å². The van der Waals surface area contributed by atoms with Gasteiger partial charge in [0.2, 0.25) is 0 Å². The summed E-state index contributed by atoms with van der Waals surface area (Å²) < 4.78 is 46.0. The molecular formula is C32H44F3N3O2S. The first-order valence-electron chi connectivity index (χ1n) is 15.2. The summed E-state index contributed by atoms with van der Waals surface area (Å²) >= 11 is 1.52. The normalized spacial score (nSPS) is 16.8. The molecule has 0 saturated carbocycles. The van der Waals surface area contributed by atoms with Crippen molar-refractivity contribution < 1.29 is 22.7 Å². The summed E-state index contributed by atoms with van der Waals surface area (Å²) in [6, 6.07) is 11.8. The molecule has 1 fully saturated rings. The van der Waals surface area contributed by atoms with Crippen molar-refractivity contribution in [1.82, 2.24) is 9.80 Å². The van der Waals surface area contributed by atoms with Crippen molar-refractivity contribution in [3.05, 3.63) is 48.0 Å². The van der Waals surface area contributed by atoms with Crippen molar-refractivity contribution in [3.63, 3.8) is 0 Å². The summed E-state index contributed by atoms with van der Waals surface area (Å²) in [4.78, 5) is 21.4. The van der Waals surface area contributed by atoms with Gasteiger partial charge in [-0.25, -0.2) is 0 Å². The van der Waals surface area contributed by atoms with E-state index >= 15 is 0 Å². The summed E-state index contributed by atoms with van der Waals surface area (Å²) in [7, 11) is 0. The van der Waals surface area contributed by atoms with E-state index in [2.05, 4.69) is 16.7 Å². The quantitative estimate of drug-likeness (QED) is 0.164. The molecule has 1 atom stereocenters. The molecule has 4 rings (SSSR count). The molecule has 5 nitrogen and oxygen atoms in total. The number of fused-ring (bicyclic) bond motifs is 2. The van der Waals surface area contributed by atoms with Gasteiger partial charge in [0, 0.05) is 42.5 Å². The standard InChI is InChI=1S/C32H44F3N3O2S/c1-3-5-6-7-8-9-14-27(31(39)40-4-2)37-22-20-36(21-23-37)18-12-19-38-26-13-10-11-15-29(26)41-30-17-16-25(24-28(30)38)32(33,34)35/h10-11,13,15-17,24,27H,3-9,12,14,18-23H2,1-2H3. The summed E-state index contributed by atoms with van der Waals surface area (Å²) in [5.74, 6) is -0.104. The van der Waals surface area contributed by atoms with Gasteiger partial charge in [0.15, 0.2) is 0 Å². The molecule has 2 heterocycles. The number of anilines is 2. The van der Waals surface area contributed by atoms with Crippen LogP contribution in [0.1, 0.15) is 70.8 Å². The van der Waals surface area contributed by atoms with Gasteiger partial charge in [0.05, 0.1) is 23.5 Å². The number of carbonyl (C=O) groups is 1. The van der Waals surface area contributed by atoms with E-state index < -0.39 is 11.7 Å². The molecule has 2 aliphatic rings. The zero-order chi connectivity index (χ0) is 29.2. The first-order chi connectivity index (χ1) is 19.8. The lowest BCUT2D eigenvalue weighted by molar-refractivity contribution is -0.150. The lowest BCUT2D eigenvalue weighted by atomic mass is 10.0. The Bertz CT molecular complexity index is 1120.